The first-order chi connectivity index (χ1) is 10.0. The van der Waals surface area contributed by atoms with Gasteiger partial charge in [-0.25, -0.2) is 5.84 Å². The molecule has 1 atom stereocenters. The smallest absolute Gasteiger partial charge is 0.268 e. The van der Waals surface area contributed by atoms with Crippen LogP contribution in [0.4, 0.5) is 0 Å². The molecule has 0 radical (unpaired) electrons. The third-order valence-corrected chi connectivity index (χ3v) is 3.30. The highest BCUT2D eigenvalue weighted by Gasteiger charge is 2.35. The minimum atomic E-state index is -0.465. The van der Waals surface area contributed by atoms with Crippen LogP contribution >= 0.6 is 0 Å². The Kier molecular flexibility index (Phi) is 4.54. The molecule has 1 heterocycles. The normalized spacial score (nSPS) is 18.0. The van der Waals surface area contributed by atoms with Crippen LogP contribution in [0.1, 0.15) is 23.7 Å². The molecule has 7 heteroatoms. The molecule has 0 aliphatic carbocycles. The third-order valence-electron chi connectivity index (χ3n) is 3.30. The molecule has 1 aliphatic heterocycles. The van der Waals surface area contributed by atoms with Gasteiger partial charge in [-0.3, -0.25) is 24.7 Å². The van der Waals surface area contributed by atoms with Crippen molar-refractivity contribution in [3.63, 3.8) is 0 Å². The number of carbonyl (C=O) groups excluding carboxylic acids is 3. The van der Waals surface area contributed by atoms with E-state index in [9.17, 15) is 14.4 Å². The second kappa shape index (κ2) is 6.36. The zero-order chi connectivity index (χ0) is 15.4. The number of carbonyl (C=O) groups is 3. The molecule has 21 heavy (non-hydrogen) atoms. The minimum absolute atomic E-state index is 0.124. The predicted octanol–water partition coefficient (Wildman–Crippen LogP) is 0.0639. The van der Waals surface area contributed by atoms with E-state index in [1.165, 1.54) is 4.90 Å². The van der Waals surface area contributed by atoms with Crippen LogP contribution in [0.5, 0.6) is 5.75 Å². The van der Waals surface area contributed by atoms with Gasteiger partial charge in [0.15, 0.2) is 0 Å². The van der Waals surface area contributed by atoms with E-state index < -0.39 is 5.91 Å². The Morgan fingerprint density at radius 3 is 2.76 bits per heavy atom. The predicted molar refractivity (Wildman–Crippen MR) is 74.1 cm³/mol. The molecule has 1 unspecified atom stereocenters. The summed E-state index contributed by atoms with van der Waals surface area (Å²) in [7, 11) is 0. The first kappa shape index (κ1) is 15.0. The zero-order valence-corrected chi connectivity index (χ0v) is 11.7. The maximum absolute atomic E-state index is 11.7. The Bertz CT molecular complexity index is 573. The molecule has 7 nitrogen and oxygen atoms in total. The van der Waals surface area contributed by atoms with E-state index in [2.05, 4.69) is 0 Å². The van der Waals surface area contributed by atoms with Gasteiger partial charge >= 0.3 is 0 Å². The van der Waals surface area contributed by atoms with Crippen LogP contribution in [-0.2, 0) is 9.59 Å². The van der Waals surface area contributed by atoms with Crippen molar-refractivity contribution in [1.29, 1.82) is 0 Å². The number of amides is 3. The van der Waals surface area contributed by atoms with Gasteiger partial charge in [0.1, 0.15) is 12.4 Å². The van der Waals surface area contributed by atoms with E-state index >= 15 is 0 Å². The van der Waals surface area contributed by atoms with Crippen molar-refractivity contribution in [2.45, 2.75) is 13.3 Å². The fourth-order valence-corrected chi connectivity index (χ4v) is 2.19. The summed E-state index contributed by atoms with van der Waals surface area (Å²) in [5, 5.41) is 0. The number of ether oxygens (including phenoxy) is 1. The lowest BCUT2D eigenvalue weighted by molar-refractivity contribution is -0.139. The van der Waals surface area contributed by atoms with Crippen molar-refractivity contribution in [3.8, 4) is 5.75 Å². The molecule has 1 saturated heterocycles. The largest absolute Gasteiger partial charge is 0.491 e. The maximum Gasteiger partial charge on any atom is 0.268 e. The number of nitrogens with zero attached hydrogens (tertiary/aromatic N) is 1. The summed E-state index contributed by atoms with van der Waals surface area (Å²) in [6, 6.07) is 6.61. The van der Waals surface area contributed by atoms with Gasteiger partial charge in [-0.05, 0) is 12.1 Å². The number of hydrogen-bond acceptors (Lipinski definition) is 5. The fourth-order valence-electron chi connectivity index (χ4n) is 2.19. The SMILES string of the molecule is CC1CC(=O)N(CCOc2ccccc2C(=O)NN)C1=O. The van der Waals surface area contributed by atoms with Crippen molar-refractivity contribution < 1.29 is 19.1 Å². The average Bonchev–Trinajstić information content (AvgIpc) is 2.73. The number of likely N-dealkylation sites (tertiary alicyclic amines) is 1. The number of nitrogens with two attached hydrogens (primary N) is 1. The van der Waals surface area contributed by atoms with E-state index in [4.69, 9.17) is 10.6 Å². The van der Waals surface area contributed by atoms with Crippen LogP contribution in [0, 0.1) is 5.92 Å². The lowest BCUT2D eigenvalue weighted by Crippen LogP contribution is -2.34. The molecule has 1 aromatic carbocycles. The summed E-state index contributed by atoms with van der Waals surface area (Å²) in [4.78, 5) is 36.1. The van der Waals surface area contributed by atoms with Crippen molar-refractivity contribution in [3.05, 3.63) is 29.8 Å². The van der Waals surface area contributed by atoms with Gasteiger partial charge in [-0.1, -0.05) is 19.1 Å². The topological polar surface area (TPSA) is 102 Å². The number of para-hydroxylation sites is 1. The van der Waals surface area contributed by atoms with Crippen LogP contribution in [-0.4, -0.2) is 35.8 Å². The van der Waals surface area contributed by atoms with Gasteiger partial charge in [0.2, 0.25) is 11.8 Å². The van der Waals surface area contributed by atoms with Crippen molar-refractivity contribution >= 4 is 17.7 Å². The van der Waals surface area contributed by atoms with Crippen molar-refractivity contribution in [2.75, 3.05) is 13.2 Å². The van der Waals surface area contributed by atoms with Gasteiger partial charge in [0.25, 0.3) is 5.91 Å². The zero-order valence-electron chi connectivity index (χ0n) is 11.7. The summed E-state index contributed by atoms with van der Waals surface area (Å²) in [5.74, 6) is 4.34. The van der Waals surface area contributed by atoms with Crippen LogP contribution in [0.2, 0.25) is 0 Å². The molecule has 1 aromatic rings. The molecule has 1 aliphatic rings. The van der Waals surface area contributed by atoms with Gasteiger partial charge < -0.3 is 4.74 Å². The van der Waals surface area contributed by atoms with Crippen molar-refractivity contribution in [1.82, 2.24) is 10.3 Å². The van der Waals surface area contributed by atoms with Crippen LogP contribution in [0.15, 0.2) is 24.3 Å². The molecule has 112 valence electrons. The van der Waals surface area contributed by atoms with Crippen molar-refractivity contribution in [2.24, 2.45) is 11.8 Å². The third kappa shape index (κ3) is 3.19. The van der Waals surface area contributed by atoms with E-state index in [0.717, 1.165) is 0 Å². The summed E-state index contributed by atoms with van der Waals surface area (Å²) < 4.78 is 5.49. The number of imide groups is 1. The number of rotatable bonds is 5. The van der Waals surface area contributed by atoms with Gasteiger partial charge in [-0.2, -0.15) is 0 Å². The first-order valence-corrected chi connectivity index (χ1v) is 6.61. The van der Waals surface area contributed by atoms with Crippen LogP contribution in [0.3, 0.4) is 0 Å². The summed E-state index contributed by atoms with van der Waals surface area (Å²) in [6.45, 7) is 2.02. The summed E-state index contributed by atoms with van der Waals surface area (Å²) in [5.41, 5.74) is 2.33. The number of nitrogen functional groups attached to an aromatic ring is 1. The second-order valence-corrected chi connectivity index (χ2v) is 4.81. The number of hydrazine groups is 1. The lowest BCUT2D eigenvalue weighted by atomic mass is 10.1. The minimum Gasteiger partial charge on any atom is -0.491 e. The molecule has 1 fully saturated rings. The first-order valence-electron chi connectivity index (χ1n) is 6.61. The Morgan fingerprint density at radius 2 is 2.14 bits per heavy atom. The average molecular weight is 291 g/mol. The molecule has 0 saturated carbocycles. The molecule has 2 rings (SSSR count). The van der Waals surface area contributed by atoms with Gasteiger partial charge in [-0.15, -0.1) is 0 Å². The molecule has 3 N–H and O–H groups in total. The number of benzene rings is 1. The highest BCUT2D eigenvalue weighted by Crippen LogP contribution is 2.20. The van der Waals surface area contributed by atoms with E-state index in [0.29, 0.717) is 11.3 Å². The number of nitrogens with one attached hydrogen (secondary N) is 1. The highest BCUT2D eigenvalue weighted by atomic mass is 16.5. The Labute approximate surface area is 122 Å². The maximum atomic E-state index is 11.7. The molecule has 0 spiro atoms. The molecule has 0 aromatic heterocycles. The molecule has 3 amide bonds. The lowest BCUT2D eigenvalue weighted by Gasteiger charge is -2.16. The number of hydrogen-bond donors (Lipinski definition) is 2. The Morgan fingerprint density at radius 1 is 1.43 bits per heavy atom. The standard InChI is InChI=1S/C14H17N3O4/c1-9-8-12(18)17(14(9)20)6-7-21-11-5-3-2-4-10(11)13(19)16-15/h2-5,9H,6-8,15H2,1H3,(H,16,19). The Hall–Kier alpha value is -2.41. The summed E-state index contributed by atoms with van der Waals surface area (Å²) >= 11 is 0. The molecular weight excluding hydrogens is 274 g/mol. The van der Waals surface area contributed by atoms with Crippen LogP contribution < -0.4 is 16.0 Å². The van der Waals surface area contributed by atoms with Crippen LogP contribution in [0.25, 0.3) is 0 Å². The van der Waals surface area contributed by atoms with E-state index in [1.54, 1.807) is 31.2 Å². The highest BCUT2D eigenvalue weighted by molar-refractivity contribution is 6.03. The van der Waals surface area contributed by atoms with E-state index in [1.807, 2.05) is 5.43 Å². The monoisotopic (exact) mass is 291 g/mol. The fraction of sp³-hybridized carbons (Fsp3) is 0.357. The summed E-state index contributed by atoms with van der Waals surface area (Å²) in [6.07, 6.45) is 0.241. The molecule has 0 bridgehead atoms. The van der Waals surface area contributed by atoms with Gasteiger partial charge in [0, 0.05) is 12.3 Å². The quantitative estimate of drug-likeness (QED) is 0.346. The second-order valence-electron chi connectivity index (χ2n) is 4.81. The van der Waals surface area contributed by atoms with Gasteiger partial charge in [0.05, 0.1) is 12.1 Å². The molecular formula is C14H17N3O4. The Balaban J connectivity index is 1.97. The van der Waals surface area contributed by atoms with E-state index in [-0.39, 0.29) is 37.3 Å².